The molecule has 0 radical (unpaired) electrons. The van der Waals surface area contributed by atoms with Gasteiger partial charge in [0.15, 0.2) is 0 Å². The summed E-state index contributed by atoms with van der Waals surface area (Å²) in [5, 5.41) is 5.86. The summed E-state index contributed by atoms with van der Waals surface area (Å²) in [7, 11) is 0. The smallest absolute Gasteiger partial charge is 0.270 e. The van der Waals surface area contributed by atoms with Crippen LogP contribution in [0.4, 0.5) is 5.82 Å². The molecule has 0 atom stereocenters. The normalized spacial score (nSPS) is 9.95. The maximum atomic E-state index is 12.0. The van der Waals surface area contributed by atoms with Crippen molar-refractivity contribution < 1.29 is 9.53 Å². The number of para-hydroxylation sites is 1. The fraction of sp³-hybridized carbons (Fsp3) is 0.250. The first kappa shape index (κ1) is 14.8. The molecule has 0 aliphatic rings. The number of benzene rings is 1. The number of hydrogen-bond donors (Lipinski definition) is 2. The number of ether oxygens (including phenoxy) is 1. The lowest BCUT2D eigenvalue weighted by Gasteiger charge is -2.08. The largest absolute Gasteiger partial charge is 0.492 e. The first-order chi connectivity index (χ1) is 10.3. The monoisotopic (exact) mass is 285 g/mol. The number of rotatable bonds is 7. The summed E-state index contributed by atoms with van der Waals surface area (Å²) in [6.45, 7) is 3.60. The zero-order chi connectivity index (χ0) is 14.9. The van der Waals surface area contributed by atoms with E-state index >= 15 is 0 Å². The lowest BCUT2D eigenvalue weighted by molar-refractivity contribution is 0.0942. The summed E-state index contributed by atoms with van der Waals surface area (Å²) >= 11 is 0. The maximum absolute atomic E-state index is 12.0. The van der Waals surface area contributed by atoms with Crippen molar-refractivity contribution >= 4 is 11.7 Å². The van der Waals surface area contributed by atoms with E-state index in [0.717, 1.165) is 12.3 Å². The van der Waals surface area contributed by atoms with Crippen LogP contribution in [0.25, 0.3) is 0 Å². The highest BCUT2D eigenvalue weighted by Gasteiger charge is 2.07. The summed E-state index contributed by atoms with van der Waals surface area (Å²) in [5.41, 5.74) is 0.396. The van der Waals surface area contributed by atoms with Gasteiger partial charge in [-0.15, -0.1) is 0 Å². The highest BCUT2D eigenvalue weighted by Crippen LogP contribution is 2.07. The van der Waals surface area contributed by atoms with E-state index in [2.05, 4.69) is 15.6 Å². The van der Waals surface area contributed by atoms with Crippen LogP contribution in [0.1, 0.15) is 17.4 Å². The second kappa shape index (κ2) is 7.89. The Labute approximate surface area is 124 Å². The number of anilines is 1. The molecule has 0 aliphatic heterocycles. The molecule has 0 unspecified atom stereocenters. The van der Waals surface area contributed by atoms with E-state index in [1.165, 1.54) is 0 Å². The van der Waals surface area contributed by atoms with E-state index < -0.39 is 0 Å². The average molecular weight is 285 g/mol. The quantitative estimate of drug-likeness (QED) is 0.766. The molecule has 0 bridgehead atoms. The minimum Gasteiger partial charge on any atom is -0.492 e. The molecule has 0 saturated carbocycles. The van der Waals surface area contributed by atoms with Gasteiger partial charge in [-0.05, 0) is 31.2 Å². The number of carbonyl (C=O) groups excluding carboxylic acids is 1. The second-order valence-corrected chi connectivity index (χ2v) is 4.36. The molecular formula is C16H19N3O2. The molecule has 2 N–H and O–H groups in total. The highest BCUT2D eigenvalue weighted by molar-refractivity contribution is 5.92. The lowest BCUT2D eigenvalue weighted by atomic mass is 10.3. The Bertz CT molecular complexity index is 573. The van der Waals surface area contributed by atoms with Crippen LogP contribution in [-0.4, -0.2) is 30.6 Å². The third-order valence-electron chi connectivity index (χ3n) is 2.74. The van der Waals surface area contributed by atoms with Crippen LogP contribution < -0.4 is 15.4 Å². The standard InChI is InChI=1S/C16H19N3O2/c1-2-17-15-10-6-9-14(19-15)16(20)18-11-12-21-13-7-4-3-5-8-13/h3-10H,2,11-12H2,1H3,(H,17,19)(H,18,20). The van der Waals surface area contributed by atoms with E-state index in [1.54, 1.807) is 12.1 Å². The van der Waals surface area contributed by atoms with Crippen LogP contribution in [0, 0.1) is 0 Å². The Hall–Kier alpha value is -2.56. The van der Waals surface area contributed by atoms with Gasteiger partial charge in [0.2, 0.25) is 0 Å². The van der Waals surface area contributed by atoms with E-state index in [0.29, 0.717) is 24.7 Å². The van der Waals surface area contributed by atoms with Gasteiger partial charge in [0.05, 0.1) is 6.54 Å². The Morgan fingerprint density at radius 3 is 2.71 bits per heavy atom. The van der Waals surface area contributed by atoms with E-state index in [-0.39, 0.29) is 5.91 Å². The van der Waals surface area contributed by atoms with Gasteiger partial charge in [-0.3, -0.25) is 4.79 Å². The van der Waals surface area contributed by atoms with Crippen molar-refractivity contribution in [3.8, 4) is 5.75 Å². The summed E-state index contributed by atoms with van der Waals surface area (Å²) < 4.78 is 5.51. The third-order valence-corrected chi connectivity index (χ3v) is 2.74. The molecule has 1 aromatic carbocycles. The van der Waals surface area contributed by atoms with Gasteiger partial charge in [0.1, 0.15) is 23.9 Å². The molecule has 2 rings (SSSR count). The van der Waals surface area contributed by atoms with Crippen LogP contribution in [-0.2, 0) is 0 Å². The fourth-order valence-corrected chi connectivity index (χ4v) is 1.78. The fourth-order valence-electron chi connectivity index (χ4n) is 1.78. The van der Waals surface area contributed by atoms with Gasteiger partial charge in [-0.25, -0.2) is 4.98 Å². The molecule has 0 fully saturated rings. The molecule has 21 heavy (non-hydrogen) atoms. The highest BCUT2D eigenvalue weighted by atomic mass is 16.5. The number of hydrogen-bond acceptors (Lipinski definition) is 4. The van der Waals surface area contributed by atoms with Crippen molar-refractivity contribution in [1.29, 1.82) is 0 Å². The zero-order valence-electron chi connectivity index (χ0n) is 12.0. The Morgan fingerprint density at radius 2 is 1.95 bits per heavy atom. The second-order valence-electron chi connectivity index (χ2n) is 4.36. The van der Waals surface area contributed by atoms with Crippen molar-refractivity contribution in [3.05, 3.63) is 54.2 Å². The van der Waals surface area contributed by atoms with Gasteiger partial charge in [-0.2, -0.15) is 0 Å². The SMILES string of the molecule is CCNc1cccc(C(=O)NCCOc2ccccc2)n1. The van der Waals surface area contributed by atoms with Crippen molar-refractivity contribution in [3.63, 3.8) is 0 Å². The van der Waals surface area contributed by atoms with E-state index in [1.807, 2.05) is 43.3 Å². The number of pyridine rings is 1. The molecule has 0 spiro atoms. The summed E-state index contributed by atoms with van der Waals surface area (Å²) in [6, 6.07) is 14.8. The molecule has 1 amide bonds. The van der Waals surface area contributed by atoms with Gasteiger partial charge >= 0.3 is 0 Å². The summed E-state index contributed by atoms with van der Waals surface area (Å²) in [6.07, 6.45) is 0. The van der Waals surface area contributed by atoms with Crippen molar-refractivity contribution in [2.45, 2.75) is 6.92 Å². The van der Waals surface area contributed by atoms with E-state index in [4.69, 9.17) is 4.74 Å². The Kier molecular flexibility index (Phi) is 5.58. The van der Waals surface area contributed by atoms with Crippen LogP contribution in [0.5, 0.6) is 5.75 Å². The van der Waals surface area contributed by atoms with Gasteiger partial charge < -0.3 is 15.4 Å². The molecule has 1 aromatic heterocycles. The van der Waals surface area contributed by atoms with Crippen molar-refractivity contribution in [2.75, 3.05) is 25.0 Å². The van der Waals surface area contributed by atoms with Crippen molar-refractivity contribution in [2.24, 2.45) is 0 Å². The van der Waals surface area contributed by atoms with Gasteiger partial charge in [0, 0.05) is 6.54 Å². The average Bonchev–Trinajstić information content (AvgIpc) is 2.53. The predicted octanol–water partition coefficient (Wildman–Crippen LogP) is 2.32. The molecule has 1 heterocycles. The van der Waals surface area contributed by atoms with Gasteiger partial charge in [0.25, 0.3) is 5.91 Å². The maximum Gasteiger partial charge on any atom is 0.270 e. The molecule has 5 nitrogen and oxygen atoms in total. The first-order valence-electron chi connectivity index (χ1n) is 6.96. The number of carbonyl (C=O) groups is 1. The zero-order valence-corrected chi connectivity index (χ0v) is 12.0. The topological polar surface area (TPSA) is 63.2 Å². The summed E-state index contributed by atoms with van der Waals surface area (Å²) in [5.74, 6) is 1.29. The molecular weight excluding hydrogens is 266 g/mol. The minimum absolute atomic E-state index is 0.202. The molecule has 0 aliphatic carbocycles. The van der Waals surface area contributed by atoms with Gasteiger partial charge in [-0.1, -0.05) is 24.3 Å². The Morgan fingerprint density at radius 1 is 1.14 bits per heavy atom. The number of nitrogens with zero attached hydrogens (tertiary/aromatic N) is 1. The molecule has 110 valence electrons. The molecule has 5 heteroatoms. The predicted molar refractivity (Wildman–Crippen MR) is 82.7 cm³/mol. The Balaban J connectivity index is 1.78. The third kappa shape index (κ3) is 4.80. The number of nitrogens with one attached hydrogen (secondary N) is 2. The first-order valence-corrected chi connectivity index (χ1v) is 6.96. The van der Waals surface area contributed by atoms with Crippen LogP contribution in [0.3, 0.4) is 0 Å². The van der Waals surface area contributed by atoms with Crippen LogP contribution in [0.15, 0.2) is 48.5 Å². The van der Waals surface area contributed by atoms with E-state index in [9.17, 15) is 4.79 Å². The summed E-state index contributed by atoms with van der Waals surface area (Å²) in [4.78, 5) is 16.2. The number of amides is 1. The lowest BCUT2D eigenvalue weighted by Crippen LogP contribution is -2.28. The number of aromatic nitrogens is 1. The minimum atomic E-state index is -0.202. The molecule has 2 aromatic rings. The van der Waals surface area contributed by atoms with Crippen LogP contribution in [0.2, 0.25) is 0 Å². The van der Waals surface area contributed by atoms with Crippen LogP contribution >= 0.6 is 0 Å². The van der Waals surface area contributed by atoms with Crippen molar-refractivity contribution in [1.82, 2.24) is 10.3 Å². The molecule has 0 saturated heterocycles.